The molecular weight excluding hydrogens is 458 g/mol. The first-order valence-corrected chi connectivity index (χ1v) is 12.7. The van der Waals surface area contributed by atoms with Gasteiger partial charge in [-0.15, -0.1) is 11.3 Å². The van der Waals surface area contributed by atoms with E-state index in [0.29, 0.717) is 34.5 Å². The number of ether oxygens (including phenoxy) is 2. The molecule has 0 aliphatic heterocycles. The van der Waals surface area contributed by atoms with Crippen LogP contribution in [0.25, 0.3) is 10.2 Å². The number of fused-ring (bicyclic) bond motifs is 1. The van der Waals surface area contributed by atoms with Gasteiger partial charge < -0.3 is 19.4 Å². The molecule has 178 valence electrons. The molecule has 33 heavy (non-hydrogen) atoms. The third-order valence-electron chi connectivity index (χ3n) is 5.72. The summed E-state index contributed by atoms with van der Waals surface area (Å²) in [6.07, 6.45) is 1.94. The lowest BCUT2D eigenvalue weighted by Crippen LogP contribution is -2.28. The predicted octanol–water partition coefficient (Wildman–Crippen LogP) is 4.65. The van der Waals surface area contributed by atoms with Crippen molar-refractivity contribution in [3.05, 3.63) is 44.6 Å². The second kappa shape index (κ2) is 11.1. The zero-order valence-corrected chi connectivity index (χ0v) is 21.6. The summed E-state index contributed by atoms with van der Waals surface area (Å²) in [5, 5.41) is 1.16. The molecule has 1 atom stereocenters. The summed E-state index contributed by atoms with van der Waals surface area (Å²) in [4.78, 5) is 36.5. The minimum atomic E-state index is -0.128. The van der Waals surface area contributed by atoms with Crippen molar-refractivity contribution in [1.29, 1.82) is 0 Å². The fourth-order valence-electron chi connectivity index (χ4n) is 3.54. The highest BCUT2D eigenvalue weighted by molar-refractivity contribution is 7.99. The summed E-state index contributed by atoms with van der Waals surface area (Å²) >= 11 is 2.79. The molecule has 0 radical (unpaired) electrons. The second-order valence-corrected chi connectivity index (χ2v) is 10.3. The minimum Gasteiger partial charge on any atom is -0.493 e. The van der Waals surface area contributed by atoms with Gasteiger partial charge in [0, 0.05) is 18.5 Å². The van der Waals surface area contributed by atoms with Gasteiger partial charge in [0.25, 0.3) is 5.56 Å². The number of rotatable bonds is 10. The molecule has 7 nitrogen and oxygen atoms in total. The monoisotopic (exact) mass is 489 g/mol. The van der Waals surface area contributed by atoms with Crippen molar-refractivity contribution in [3.8, 4) is 11.5 Å². The lowest BCUT2D eigenvalue weighted by atomic mass is 9.98. The van der Waals surface area contributed by atoms with E-state index in [0.717, 1.165) is 33.7 Å². The molecule has 0 unspecified atom stereocenters. The summed E-state index contributed by atoms with van der Waals surface area (Å²) < 4.78 is 10.6. The van der Waals surface area contributed by atoms with Gasteiger partial charge in [-0.2, -0.15) is 0 Å². The smallest absolute Gasteiger partial charge is 0.260 e. The van der Waals surface area contributed by atoms with Crippen LogP contribution in [-0.2, 0) is 17.8 Å². The van der Waals surface area contributed by atoms with Crippen molar-refractivity contribution in [2.24, 2.45) is 5.92 Å². The van der Waals surface area contributed by atoms with Gasteiger partial charge in [0.1, 0.15) is 4.83 Å². The van der Waals surface area contributed by atoms with Gasteiger partial charge in [-0.3, -0.25) is 9.59 Å². The Hall–Kier alpha value is -2.52. The Balaban J connectivity index is 1.68. The van der Waals surface area contributed by atoms with Gasteiger partial charge in [0.15, 0.2) is 16.7 Å². The third kappa shape index (κ3) is 5.89. The topological polar surface area (TPSA) is 84.5 Å². The predicted molar refractivity (Wildman–Crippen MR) is 135 cm³/mol. The van der Waals surface area contributed by atoms with Crippen molar-refractivity contribution < 1.29 is 14.3 Å². The van der Waals surface area contributed by atoms with Gasteiger partial charge in [0.05, 0.1) is 25.4 Å². The number of aryl methyl sites for hydroxylation is 1. The molecule has 1 aromatic carbocycles. The SMILES string of the molecule is CC[C@@H](C)Cc1c(C)sc2nc(SCC(=O)N(C)Cc3ccc(OC)c(OC)c3)[nH]c(=O)c12. The Labute approximate surface area is 202 Å². The summed E-state index contributed by atoms with van der Waals surface area (Å²) in [5.74, 6) is 1.90. The lowest BCUT2D eigenvalue weighted by molar-refractivity contribution is -0.127. The average molecular weight is 490 g/mol. The highest BCUT2D eigenvalue weighted by atomic mass is 32.2. The van der Waals surface area contributed by atoms with Gasteiger partial charge in [-0.05, 0) is 42.5 Å². The van der Waals surface area contributed by atoms with E-state index in [-0.39, 0.29) is 17.2 Å². The van der Waals surface area contributed by atoms with Crippen molar-refractivity contribution in [2.45, 2.75) is 45.3 Å². The molecule has 2 aromatic heterocycles. The van der Waals surface area contributed by atoms with E-state index in [4.69, 9.17) is 9.47 Å². The Bertz CT molecular complexity index is 1190. The van der Waals surface area contributed by atoms with Crippen molar-refractivity contribution in [1.82, 2.24) is 14.9 Å². The Morgan fingerprint density at radius 3 is 2.67 bits per heavy atom. The standard InChI is InChI=1S/C24H31N3O4S2/c1-7-14(2)10-17-15(3)33-23-21(17)22(29)25-24(26-23)32-13-20(28)27(4)12-16-8-9-18(30-5)19(11-16)31-6/h8-9,11,14H,7,10,12-13H2,1-6H3,(H,25,26,29)/t14-/m1/s1. The molecule has 0 spiro atoms. The Kier molecular flexibility index (Phi) is 8.42. The number of H-pyrrole nitrogens is 1. The molecule has 1 N–H and O–H groups in total. The number of nitrogens with one attached hydrogen (secondary N) is 1. The summed E-state index contributed by atoms with van der Waals surface area (Å²) in [5.41, 5.74) is 1.90. The zero-order chi connectivity index (χ0) is 24.1. The van der Waals surface area contributed by atoms with E-state index in [1.165, 1.54) is 11.8 Å². The van der Waals surface area contributed by atoms with Crippen molar-refractivity contribution in [2.75, 3.05) is 27.0 Å². The van der Waals surface area contributed by atoms with E-state index in [1.54, 1.807) is 37.5 Å². The summed E-state index contributed by atoms with van der Waals surface area (Å²) in [6, 6.07) is 5.59. The van der Waals surface area contributed by atoms with E-state index >= 15 is 0 Å². The first kappa shape index (κ1) is 25.1. The van der Waals surface area contributed by atoms with Crippen LogP contribution in [0.1, 0.15) is 36.3 Å². The largest absolute Gasteiger partial charge is 0.493 e. The molecule has 2 heterocycles. The molecule has 0 saturated heterocycles. The molecule has 0 aliphatic carbocycles. The highest BCUT2D eigenvalue weighted by Gasteiger charge is 2.18. The molecule has 0 bridgehead atoms. The quantitative estimate of drug-likeness (QED) is 0.330. The number of hydrogen-bond donors (Lipinski definition) is 1. The number of aromatic amines is 1. The maximum atomic E-state index is 12.8. The van der Waals surface area contributed by atoms with Crippen LogP contribution in [0.5, 0.6) is 11.5 Å². The van der Waals surface area contributed by atoms with Crippen LogP contribution in [0.3, 0.4) is 0 Å². The van der Waals surface area contributed by atoms with Crippen molar-refractivity contribution in [3.63, 3.8) is 0 Å². The number of methoxy groups -OCH3 is 2. The molecule has 3 rings (SSSR count). The van der Waals surface area contributed by atoms with Gasteiger partial charge >= 0.3 is 0 Å². The maximum absolute atomic E-state index is 12.8. The Morgan fingerprint density at radius 2 is 2.00 bits per heavy atom. The molecule has 9 heteroatoms. The highest BCUT2D eigenvalue weighted by Crippen LogP contribution is 2.31. The van der Waals surface area contributed by atoms with Gasteiger partial charge in [0.2, 0.25) is 5.91 Å². The number of hydrogen-bond acceptors (Lipinski definition) is 7. The normalized spacial score (nSPS) is 12.1. The van der Waals surface area contributed by atoms with Crippen LogP contribution >= 0.6 is 23.1 Å². The average Bonchev–Trinajstić information content (AvgIpc) is 3.12. The van der Waals surface area contributed by atoms with Crippen LogP contribution in [0, 0.1) is 12.8 Å². The van der Waals surface area contributed by atoms with Gasteiger partial charge in [-0.1, -0.05) is 38.1 Å². The fourth-order valence-corrected chi connectivity index (χ4v) is 5.46. The summed E-state index contributed by atoms with van der Waals surface area (Å²) in [7, 11) is 4.92. The first-order chi connectivity index (χ1) is 15.8. The number of thiophene rings is 1. The Morgan fingerprint density at radius 1 is 1.27 bits per heavy atom. The third-order valence-corrected chi connectivity index (χ3v) is 7.62. The molecular formula is C24H31N3O4S2. The van der Waals surface area contributed by atoms with E-state index in [2.05, 4.69) is 23.8 Å². The zero-order valence-electron chi connectivity index (χ0n) is 20.0. The van der Waals surface area contributed by atoms with E-state index in [9.17, 15) is 9.59 Å². The van der Waals surface area contributed by atoms with E-state index < -0.39 is 0 Å². The first-order valence-electron chi connectivity index (χ1n) is 10.9. The van der Waals surface area contributed by atoms with E-state index in [1.807, 2.05) is 25.1 Å². The molecule has 0 saturated carbocycles. The van der Waals surface area contributed by atoms with Gasteiger partial charge in [-0.25, -0.2) is 4.98 Å². The second-order valence-electron chi connectivity index (χ2n) is 8.13. The molecule has 1 amide bonds. The number of nitrogens with zero attached hydrogens (tertiary/aromatic N) is 2. The van der Waals surface area contributed by atoms with Crippen molar-refractivity contribution >= 4 is 39.2 Å². The number of benzene rings is 1. The van der Waals surface area contributed by atoms with Crippen LogP contribution in [0.4, 0.5) is 0 Å². The number of thioether (sulfide) groups is 1. The van der Waals surface area contributed by atoms with Crippen LogP contribution in [0.15, 0.2) is 28.2 Å². The van der Waals surface area contributed by atoms with Crippen LogP contribution in [0.2, 0.25) is 0 Å². The number of carbonyl (C=O) groups is 1. The van der Waals surface area contributed by atoms with Crippen LogP contribution < -0.4 is 15.0 Å². The fraction of sp³-hybridized carbons (Fsp3) is 0.458. The molecule has 3 aromatic rings. The lowest BCUT2D eigenvalue weighted by Gasteiger charge is -2.18. The molecule has 0 aliphatic rings. The number of carbonyl (C=O) groups excluding carboxylic acids is 1. The van der Waals surface area contributed by atoms with Crippen LogP contribution in [-0.4, -0.2) is 47.8 Å². The minimum absolute atomic E-state index is 0.0580. The number of aromatic nitrogens is 2. The summed E-state index contributed by atoms with van der Waals surface area (Å²) in [6.45, 7) is 6.83. The maximum Gasteiger partial charge on any atom is 0.260 e. The number of amides is 1. The molecule has 0 fully saturated rings.